The number of benzene rings is 1. The summed E-state index contributed by atoms with van der Waals surface area (Å²) in [5.41, 5.74) is 11.2. The number of fused-ring (bicyclic) bond motifs is 1. The van der Waals surface area contributed by atoms with Crippen LogP contribution in [0.4, 0.5) is 5.69 Å². The van der Waals surface area contributed by atoms with Gasteiger partial charge in [-0.3, -0.25) is 4.68 Å². The fraction of sp³-hybridized carbons (Fsp3) is 0.471. The number of nitrogens with zero attached hydrogens (tertiary/aromatic N) is 3. The smallest absolute Gasteiger partial charge is 0.0662 e. The Hall–Kier alpha value is -1.81. The number of anilines is 1. The fourth-order valence-corrected chi connectivity index (χ4v) is 3.16. The number of rotatable bonds is 4. The van der Waals surface area contributed by atoms with Gasteiger partial charge in [0.15, 0.2) is 0 Å². The topological polar surface area (TPSA) is 47.1 Å². The molecule has 1 aliphatic carbocycles. The van der Waals surface area contributed by atoms with E-state index in [1.165, 1.54) is 35.3 Å². The molecule has 0 radical (unpaired) electrons. The molecular weight excluding hydrogens is 260 g/mol. The molecule has 0 saturated carbocycles. The van der Waals surface area contributed by atoms with Crippen LogP contribution < -0.4 is 10.6 Å². The normalized spacial score (nSPS) is 17.6. The third kappa shape index (κ3) is 2.81. The van der Waals surface area contributed by atoms with Gasteiger partial charge in [-0.1, -0.05) is 12.1 Å². The minimum Gasteiger partial charge on any atom is -0.378 e. The minimum absolute atomic E-state index is 0.499. The molecule has 21 heavy (non-hydrogen) atoms. The van der Waals surface area contributed by atoms with Crippen molar-refractivity contribution in [1.82, 2.24) is 9.78 Å². The van der Waals surface area contributed by atoms with Gasteiger partial charge < -0.3 is 10.6 Å². The maximum atomic E-state index is 5.88. The van der Waals surface area contributed by atoms with Gasteiger partial charge in [-0.15, -0.1) is 0 Å². The lowest BCUT2D eigenvalue weighted by molar-refractivity contribution is 0.531. The molecule has 1 atom stereocenters. The standard InChI is InChI=1S/C17H24N4/c1-20(2)15-8-6-13(7-9-15)12-21-17-5-3-4-14(10-18)16(17)11-19-21/h6-9,11,14H,3-5,10,12,18H2,1-2H3. The van der Waals surface area contributed by atoms with Crippen LogP contribution in [0.5, 0.6) is 0 Å². The van der Waals surface area contributed by atoms with E-state index in [0.29, 0.717) is 5.92 Å². The predicted octanol–water partition coefficient (Wildman–Crippen LogP) is 2.38. The molecule has 0 saturated heterocycles. The van der Waals surface area contributed by atoms with Crippen LogP contribution in [0.2, 0.25) is 0 Å². The van der Waals surface area contributed by atoms with Crippen molar-refractivity contribution in [3.8, 4) is 0 Å². The summed E-state index contributed by atoms with van der Waals surface area (Å²) >= 11 is 0. The van der Waals surface area contributed by atoms with Gasteiger partial charge in [0, 0.05) is 25.5 Å². The molecule has 0 fully saturated rings. The molecule has 1 heterocycles. The van der Waals surface area contributed by atoms with Gasteiger partial charge >= 0.3 is 0 Å². The Balaban J connectivity index is 1.81. The SMILES string of the molecule is CN(C)c1ccc(Cn2ncc3c2CCCC3CN)cc1. The van der Waals surface area contributed by atoms with Crippen LogP contribution >= 0.6 is 0 Å². The van der Waals surface area contributed by atoms with Crippen LogP contribution in [0.25, 0.3) is 0 Å². The number of hydrogen-bond donors (Lipinski definition) is 1. The highest BCUT2D eigenvalue weighted by Crippen LogP contribution is 2.30. The second-order valence-electron chi connectivity index (χ2n) is 6.09. The van der Waals surface area contributed by atoms with Gasteiger partial charge in [0.1, 0.15) is 0 Å². The Morgan fingerprint density at radius 3 is 2.71 bits per heavy atom. The van der Waals surface area contributed by atoms with Crippen molar-refractivity contribution >= 4 is 5.69 Å². The second kappa shape index (κ2) is 5.90. The monoisotopic (exact) mass is 284 g/mol. The maximum Gasteiger partial charge on any atom is 0.0662 e. The molecule has 0 bridgehead atoms. The average molecular weight is 284 g/mol. The Morgan fingerprint density at radius 1 is 1.29 bits per heavy atom. The molecule has 3 rings (SSSR count). The highest BCUT2D eigenvalue weighted by molar-refractivity contribution is 5.46. The van der Waals surface area contributed by atoms with Crippen molar-refractivity contribution in [1.29, 1.82) is 0 Å². The molecule has 0 spiro atoms. The van der Waals surface area contributed by atoms with E-state index in [4.69, 9.17) is 5.73 Å². The summed E-state index contributed by atoms with van der Waals surface area (Å²) in [6.45, 7) is 1.58. The Morgan fingerprint density at radius 2 is 2.05 bits per heavy atom. The Labute approximate surface area is 126 Å². The molecule has 2 aromatic rings. The van der Waals surface area contributed by atoms with E-state index in [0.717, 1.165) is 19.5 Å². The van der Waals surface area contributed by atoms with Crippen molar-refractivity contribution < 1.29 is 0 Å². The average Bonchev–Trinajstić information content (AvgIpc) is 2.91. The largest absolute Gasteiger partial charge is 0.378 e. The van der Waals surface area contributed by atoms with Crippen molar-refractivity contribution in [3.05, 3.63) is 47.3 Å². The van der Waals surface area contributed by atoms with Gasteiger partial charge in [-0.25, -0.2) is 0 Å². The van der Waals surface area contributed by atoms with E-state index < -0.39 is 0 Å². The van der Waals surface area contributed by atoms with E-state index >= 15 is 0 Å². The highest BCUT2D eigenvalue weighted by atomic mass is 15.3. The van der Waals surface area contributed by atoms with Crippen LogP contribution in [-0.2, 0) is 13.0 Å². The first-order chi connectivity index (χ1) is 10.2. The third-order valence-corrected chi connectivity index (χ3v) is 4.46. The molecular formula is C17H24N4. The Kier molecular flexibility index (Phi) is 3.97. The first-order valence-electron chi connectivity index (χ1n) is 7.70. The van der Waals surface area contributed by atoms with Gasteiger partial charge in [-0.05, 0) is 55.0 Å². The van der Waals surface area contributed by atoms with Crippen molar-refractivity contribution in [2.75, 3.05) is 25.5 Å². The van der Waals surface area contributed by atoms with E-state index in [9.17, 15) is 0 Å². The van der Waals surface area contributed by atoms with Crippen LogP contribution in [0.3, 0.4) is 0 Å². The van der Waals surface area contributed by atoms with Crippen molar-refractivity contribution in [2.45, 2.75) is 31.7 Å². The van der Waals surface area contributed by atoms with E-state index in [1.54, 1.807) is 0 Å². The van der Waals surface area contributed by atoms with Gasteiger partial charge in [0.25, 0.3) is 0 Å². The Bertz CT molecular complexity index is 598. The maximum absolute atomic E-state index is 5.88. The quantitative estimate of drug-likeness (QED) is 0.937. The molecule has 112 valence electrons. The summed E-state index contributed by atoms with van der Waals surface area (Å²) in [6, 6.07) is 8.70. The summed E-state index contributed by atoms with van der Waals surface area (Å²) in [7, 11) is 4.12. The lowest BCUT2D eigenvalue weighted by Crippen LogP contribution is -2.19. The molecule has 4 heteroatoms. The molecule has 1 aromatic carbocycles. The zero-order valence-corrected chi connectivity index (χ0v) is 12.9. The van der Waals surface area contributed by atoms with Crippen LogP contribution in [0, 0.1) is 0 Å². The zero-order chi connectivity index (χ0) is 14.8. The highest BCUT2D eigenvalue weighted by Gasteiger charge is 2.23. The summed E-state index contributed by atoms with van der Waals surface area (Å²) in [6.07, 6.45) is 5.58. The minimum atomic E-state index is 0.499. The second-order valence-corrected chi connectivity index (χ2v) is 6.09. The molecule has 0 aliphatic heterocycles. The van der Waals surface area contributed by atoms with Crippen LogP contribution in [0.1, 0.15) is 35.6 Å². The van der Waals surface area contributed by atoms with Crippen molar-refractivity contribution in [2.24, 2.45) is 5.73 Å². The number of nitrogens with two attached hydrogens (primary N) is 1. The third-order valence-electron chi connectivity index (χ3n) is 4.46. The zero-order valence-electron chi connectivity index (χ0n) is 12.9. The predicted molar refractivity (Wildman–Crippen MR) is 86.8 cm³/mol. The van der Waals surface area contributed by atoms with Gasteiger partial charge in [0.2, 0.25) is 0 Å². The van der Waals surface area contributed by atoms with Crippen molar-refractivity contribution in [3.63, 3.8) is 0 Å². The molecule has 1 aromatic heterocycles. The molecule has 0 amide bonds. The lowest BCUT2D eigenvalue weighted by atomic mass is 9.87. The summed E-state index contributed by atoms with van der Waals surface area (Å²) in [4.78, 5) is 2.12. The summed E-state index contributed by atoms with van der Waals surface area (Å²) < 4.78 is 2.15. The lowest BCUT2D eigenvalue weighted by Gasteiger charge is -2.21. The van der Waals surface area contributed by atoms with E-state index in [1.807, 2.05) is 6.20 Å². The first kappa shape index (κ1) is 14.1. The number of aromatic nitrogens is 2. The van der Waals surface area contributed by atoms with E-state index in [-0.39, 0.29) is 0 Å². The first-order valence-corrected chi connectivity index (χ1v) is 7.70. The fourth-order valence-electron chi connectivity index (χ4n) is 3.16. The van der Waals surface area contributed by atoms with E-state index in [2.05, 4.69) is 53.0 Å². The molecule has 1 aliphatic rings. The molecule has 4 nitrogen and oxygen atoms in total. The van der Waals surface area contributed by atoms with Gasteiger partial charge in [-0.2, -0.15) is 5.10 Å². The van der Waals surface area contributed by atoms with Crippen LogP contribution in [-0.4, -0.2) is 30.4 Å². The molecule has 2 N–H and O–H groups in total. The number of hydrogen-bond acceptors (Lipinski definition) is 3. The van der Waals surface area contributed by atoms with Gasteiger partial charge in [0.05, 0.1) is 12.7 Å². The van der Waals surface area contributed by atoms with Crippen LogP contribution in [0.15, 0.2) is 30.5 Å². The molecule has 1 unspecified atom stereocenters. The summed E-state index contributed by atoms with van der Waals surface area (Å²) in [5.74, 6) is 0.499. The summed E-state index contributed by atoms with van der Waals surface area (Å²) in [5, 5.41) is 4.60.